The van der Waals surface area contributed by atoms with E-state index in [1.807, 2.05) is 39.8 Å². The Bertz CT molecular complexity index is 1150. The number of fused-ring (bicyclic) bond motifs is 1. The Morgan fingerprint density at radius 1 is 1.00 bits per heavy atom. The van der Waals surface area contributed by atoms with Crippen LogP contribution in [-0.2, 0) is 6.54 Å². The fourth-order valence-electron chi connectivity index (χ4n) is 3.33. The normalized spacial score (nSPS) is 11.3. The molecule has 0 bridgehead atoms. The minimum Gasteiger partial charge on any atom is -0.485 e. The van der Waals surface area contributed by atoms with Gasteiger partial charge in [0.15, 0.2) is 5.75 Å². The molecule has 0 fully saturated rings. The summed E-state index contributed by atoms with van der Waals surface area (Å²) in [6, 6.07) is 4.44. The van der Waals surface area contributed by atoms with Gasteiger partial charge in [-0.25, -0.2) is 0 Å². The predicted octanol–water partition coefficient (Wildman–Crippen LogP) is 6.35. The molecule has 7 heteroatoms. The van der Waals surface area contributed by atoms with Gasteiger partial charge in [0.2, 0.25) is 5.75 Å². The molecule has 0 radical (unpaired) electrons. The number of hydrogen-bond donors (Lipinski definition) is 0. The Morgan fingerprint density at radius 2 is 1.64 bits per heavy atom. The van der Waals surface area contributed by atoms with Crippen molar-refractivity contribution in [2.75, 3.05) is 13.2 Å². The van der Waals surface area contributed by atoms with Crippen molar-refractivity contribution in [2.24, 2.45) is 0 Å². The van der Waals surface area contributed by atoms with Gasteiger partial charge in [0.1, 0.15) is 13.2 Å². The van der Waals surface area contributed by atoms with E-state index in [4.69, 9.17) is 9.47 Å². The highest BCUT2D eigenvalue weighted by Gasteiger charge is 2.21. The van der Waals surface area contributed by atoms with Gasteiger partial charge in [-0.05, 0) is 72.6 Å². The first kappa shape index (κ1) is 25.9. The highest BCUT2D eigenvalue weighted by Crippen LogP contribution is 2.35. The van der Waals surface area contributed by atoms with Crippen LogP contribution in [0, 0.1) is 10.1 Å². The molecule has 0 aliphatic carbocycles. The molecule has 0 saturated carbocycles. The van der Waals surface area contributed by atoms with Gasteiger partial charge in [0, 0.05) is 24.1 Å². The van der Waals surface area contributed by atoms with Crippen LogP contribution >= 0.6 is 0 Å². The minimum atomic E-state index is -0.471. The summed E-state index contributed by atoms with van der Waals surface area (Å²) in [5, 5.41) is 11.9. The van der Waals surface area contributed by atoms with Crippen molar-refractivity contribution in [1.82, 2.24) is 4.57 Å². The van der Waals surface area contributed by atoms with E-state index in [0.29, 0.717) is 23.2 Å². The summed E-state index contributed by atoms with van der Waals surface area (Å²) >= 11 is 0. The van der Waals surface area contributed by atoms with Crippen molar-refractivity contribution in [3.05, 3.63) is 73.6 Å². The number of benzene rings is 1. The zero-order chi connectivity index (χ0) is 24.5. The lowest BCUT2D eigenvalue weighted by Gasteiger charge is -2.17. The van der Waals surface area contributed by atoms with Crippen LogP contribution < -0.4 is 15.0 Å². The first-order valence-corrected chi connectivity index (χ1v) is 11.2. The van der Waals surface area contributed by atoms with E-state index in [-0.39, 0.29) is 30.2 Å². The first-order chi connectivity index (χ1) is 15.6. The molecule has 178 valence electrons. The topological polar surface area (TPSA) is 83.6 Å². The van der Waals surface area contributed by atoms with Gasteiger partial charge in [-0.3, -0.25) is 14.9 Å². The van der Waals surface area contributed by atoms with Gasteiger partial charge in [0.25, 0.3) is 11.2 Å². The van der Waals surface area contributed by atoms with Gasteiger partial charge < -0.3 is 14.0 Å². The number of hydrogen-bond acceptors (Lipinski definition) is 5. The van der Waals surface area contributed by atoms with Crippen molar-refractivity contribution in [3.63, 3.8) is 0 Å². The van der Waals surface area contributed by atoms with Crippen LogP contribution in [0.3, 0.4) is 0 Å². The molecule has 0 N–H and O–H groups in total. The summed E-state index contributed by atoms with van der Waals surface area (Å²) in [6.07, 6.45) is 7.93. The molecule has 1 aromatic heterocycles. The average molecular weight is 455 g/mol. The predicted molar refractivity (Wildman–Crippen MR) is 133 cm³/mol. The highest BCUT2D eigenvalue weighted by molar-refractivity contribution is 5.89. The Balaban J connectivity index is 2.49. The molecule has 0 spiro atoms. The van der Waals surface area contributed by atoms with Gasteiger partial charge in [0.05, 0.1) is 10.4 Å². The molecule has 0 aliphatic heterocycles. The lowest BCUT2D eigenvalue weighted by atomic mass is 10.1. The van der Waals surface area contributed by atoms with E-state index in [9.17, 15) is 14.9 Å². The van der Waals surface area contributed by atoms with Gasteiger partial charge in [-0.1, -0.05) is 22.8 Å². The fraction of sp³-hybridized carbons (Fsp3) is 0.423. The van der Waals surface area contributed by atoms with Crippen LogP contribution in [0.5, 0.6) is 11.5 Å². The van der Waals surface area contributed by atoms with Crippen LogP contribution in [0.1, 0.15) is 54.4 Å². The van der Waals surface area contributed by atoms with Crippen molar-refractivity contribution in [2.45, 2.75) is 60.9 Å². The third-order valence-electron chi connectivity index (χ3n) is 5.16. The number of nitro groups is 1. The van der Waals surface area contributed by atoms with Crippen LogP contribution in [-0.4, -0.2) is 22.7 Å². The molecule has 0 aliphatic rings. The van der Waals surface area contributed by atoms with Crippen LogP contribution in [0.25, 0.3) is 10.9 Å². The largest absolute Gasteiger partial charge is 0.485 e. The maximum absolute atomic E-state index is 13.3. The molecule has 0 unspecified atom stereocenters. The molecular weight excluding hydrogens is 420 g/mol. The van der Waals surface area contributed by atoms with E-state index in [0.717, 1.165) is 18.4 Å². The summed E-state index contributed by atoms with van der Waals surface area (Å²) in [6.45, 7) is 12.8. The quantitative estimate of drug-likeness (QED) is 0.224. The number of aryl methyl sites for hydroxylation is 1. The van der Waals surface area contributed by atoms with Crippen molar-refractivity contribution in [3.8, 4) is 11.5 Å². The molecule has 0 atom stereocenters. The summed E-state index contributed by atoms with van der Waals surface area (Å²) in [4.78, 5) is 24.1. The van der Waals surface area contributed by atoms with E-state index in [2.05, 4.69) is 19.9 Å². The van der Waals surface area contributed by atoms with E-state index < -0.39 is 4.92 Å². The molecule has 1 aromatic carbocycles. The molecule has 0 saturated heterocycles. The lowest BCUT2D eigenvalue weighted by molar-refractivity contribution is -0.384. The molecule has 2 aromatic rings. The summed E-state index contributed by atoms with van der Waals surface area (Å²) < 4.78 is 13.4. The summed E-state index contributed by atoms with van der Waals surface area (Å²) in [7, 11) is 0. The lowest BCUT2D eigenvalue weighted by Crippen LogP contribution is -2.23. The Hall–Kier alpha value is -3.35. The molecular formula is C26H34N2O5. The highest BCUT2D eigenvalue weighted by atomic mass is 16.6. The smallest absolute Gasteiger partial charge is 0.297 e. The second-order valence-electron chi connectivity index (χ2n) is 8.44. The van der Waals surface area contributed by atoms with Crippen molar-refractivity contribution in [1.29, 1.82) is 0 Å². The van der Waals surface area contributed by atoms with Crippen molar-refractivity contribution >= 4 is 16.6 Å². The Kier molecular flexibility index (Phi) is 9.45. The van der Waals surface area contributed by atoms with Gasteiger partial charge in [-0.2, -0.15) is 0 Å². The average Bonchev–Trinajstić information content (AvgIpc) is 2.74. The number of aromatic nitrogens is 1. The third-order valence-corrected chi connectivity index (χ3v) is 5.16. The number of ether oxygens (including phenoxy) is 2. The molecule has 2 rings (SSSR count). The van der Waals surface area contributed by atoms with Gasteiger partial charge in [-0.15, -0.1) is 0 Å². The maximum atomic E-state index is 13.3. The third kappa shape index (κ3) is 7.07. The second kappa shape index (κ2) is 12.0. The maximum Gasteiger partial charge on any atom is 0.297 e. The Morgan fingerprint density at radius 3 is 2.24 bits per heavy atom. The summed E-state index contributed by atoms with van der Waals surface area (Å²) in [5.74, 6) is 0.427. The number of non-ortho nitro benzene ring substituents is 1. The van der Waals surface area contributed by atoms with Crippen LogP contribution in [0.4, 0.5) is 5.69 Å². The van der Waals surface area contributed by atoms with E-state index >= 15 is 0 Å². The zero-order valence-electron chi connectivity index (χ0n) is 20.4. The number of pyridine rings is 1. The molecule has 0 amide bonds. The Labute approximate surface area is 195 Å². The van der Waals surface area contributed by atoms with Crippen LogP contribution in [0.2, 0.25) is 0 Å². The van der Waals surface area contributed by atoms with Crippen LogP contribution in [0.15, 0.2) is 57.9 Å². The SMILES string of the molecule is CCn1c(=O)c(OC/C=C(\C)CCC=C(C)C)c(OCC=C(C)C)c2ccc([N+](=O)[O-])cc21. The molecule has 1 heterocycles. The monoisotopic (exact) mass is 454 g/mol. The van der Waals surface area contributed by atoms with Crippen molar-refractivity contribution < 1.29 is 14.4 Å². The fourth-order valence-corrected chi connectivity index (χ4v) is 3.33. The second-order valence-corrected chi connectivity index (χ2v) is 8.44. The zero-order valence-corrected chi connectivity index (χ0v) is 20.4. The van der Waals surface area contributed by atoms with Gasteiger partial charge >= 0.3 is 0 Å². The molecule has 7 nitrogen and oxygen atoms in total. The standard InChI is InChI=1S/C26H34N2O5/c1-7-27-23-17-21(28(30)31)11-12-22(23)24(32-15-13-19(4)5)25(26(27)29)33-16-14-20(6)10-8-9-18(2)3/h9,11-14,17H,7-8,10,15-16H2,1-6H3/b20-14+. The minimum absolute atomic E-state index is 0.0806. The number of allylic oxidation sites excluding steroid dienone is 4. The number of rotatable bonds is 11. The van der Waals surface area contributed by atoms with E-state index in [1.165, 1.54) is 27.8 Å². The summed E-state index contributed by atoms with van der Waals surface area (Å²) in [5.41, 5.74) is 3.54. The molecule has 33 heavy (non-hydrogen) atoms. The van der Waals surface area contributed by atoms with E-state index in [1.54, 1.807) is 6.07 Å². The first-order valence-electron chi connectivity index (χ1n) is 11.2. The number of nitro benzene ring substituents is 1. The number of nitrogens with zero attached hydrogens (tertiary/aromatic N) is 2.